The molecule has 0 atom stereocenters. The molecule has 1 fully saturated rings. The minimum Gasteiger partial charge on any atom is -0.340 e. The molecule has 0 saturated carbocycles. The fourth-order valence-corrected chi connectivity index (χ4v) is 4.83. The topological polar surface area (TPSA) is 57.7 Å². The first-order valence-electron chi connectivity index (χ1n) is 9.51. The Morgan fingerprint density at radius 2 is 1.50 bits per heavy atom. The van der Waals surface area contributed by atoms with E-state index in [9.17, 15) is 13.2 Å². The summed E-state index contributed by atoms with van der Waals surface area (Å²) in [6, 6.07) is 14.5. The third kappa shape index (κ3) is 4.93. The molecule has 28 heavy (non-hydrogen) atoms. The van der Waals surface area contributed by atoms with E-state index >= 15 is 0 Å². The van der Waals surface area contributed by atoms with E-state index in [4.69, 9.17) is 11.6 Å². The van der Waals surface area contributed by atoms with Crippen molar-refractivity contribution in [2.45, 2.75) is 31.1 Å². The van der Waals surface area contributed by atoms with Gasteiger partial charge in [-0.05, 0) is 48.2 Å². The summed E-state index contributed by atoms with van der Waals surface area (Å²) in [5, 5.41) is 0.678. The molecule has 1 aliphatic heterocycles. The highest BCUT2D eigenvalue weighted by Crippen LogP contribution is 2.19. The van der Waals surface area contributed by atoms with Crippen LogP contribution in [0.4, 0.5) is 0 Å². The van der Waals surface area contributed by atoms with Crippen LogP contribution in [0.1, 0.15) is 24.5 Å². The summed E-state index contributed by atoms with van der Waals surface area (Å²) in [5.41, 5.74) is 2.17. The molecule has 0 spiro atoms. The van der Waals surface area contributed by atoms with Gasteiger partial charge < -0.3 is 4.90 Å². The zero-order valence-electron chi connectivity index (χ0n) is 16.0. The number of nitrogens with zero attached hydrogens (tertiary/aromatic N) is 2. The molecule has 7 heteroatoms. The number of piperazine rings is 1. The van der Waals surface area contributed by atoms with E-state index in [-0.39, 0.29) is 5.91 Å². The first-order valence-corrected chi connectivity index (χ1v) is 11.3. The van der Waals surface area contributed by atoms with Crippen LogP contribution in [-0.2, 0) is 27.7 Å². The average molecular weight is 421 g/mol. The van der Waals surface area contributed by atoms with Crippen molar-refractivity contribution >= 4 is 27.5 Å². The van der Waals surface area contributed by atoms with E-state index in [0.29, 0.717) is 48.9 Å². The summed E-state index contributed by atoms with van der Waals surface area (Å²) in [5.74, 6) is 0.0549. The van der Waals surface area contributed by atoms with Crippen LogP contribution < -0.4 is 0 Å². The molecule has 0 bridgehead atoms. The Bertz CT molecular complexity index is 904. The normalized spacial score (nSPS) is 15.6. The number of aryl methyl sites for hydroxylation is 2. The van der Waals surface area contributed by atoms with Gasteiger partial charge in [-0.2, -0.15) is 4.31 Å². The highest BCUT2D eigenvalue weighted by Gasteiger charge is 2.29. The van der Waals surface area contributed by atoms with Crippen LogP contribution in [0.5, 0.6) is 0 Å². The zero-order valence-corrected chi connectivity index (χ0v) is 17.5. The number of hydrogen-bond acceptors (Lipinski definition) is 3. The number of rotatable bonds is 6. The summed E-state index contributed by atoms with van der Waals surface area (Å²) < 4.78 is 27.1. The van der Waals surface area contributed by atoms with Gasteiger partial charge in [0.15, 0.2) is 0 Å². The second kappa shape index (κ2) is 9.07. The predicted molar refractivity (Wildman–Crippen MR) is 111 cm³/mol. The van der Waals surface area contributed by atoms with E-state index in [0.717, 1.165) is 17.5 Å². The van der Waals surface area contributed by atoms with Crippen LogP contribution in [0.2, 0.25) is 5.02 Å². The molecular formula is C21H25ClN2O3S. The van der Waals surface area contributed by atoms with E-state index < -0.39 is 10.0 Å². The van der Waals surface area contributed by atoms with Gasteiger partial charge >= 0.3 is 0 Å². The van der Waals surface area contributed by atoms with Crippen molar-refractivity contribution in [3.63, 3.8) is 0 Å². The minimum atomic E-state index is -3.51. The lowest BCUT2D eigenvalue weighted by Gasteiger charge is -2.34. The summed E-state index contributed by atoms with van der Waals surface area (Å²) in [7, 11) is -3.51. The summed E-state index contributed by atoms with van der Waals surface area (Å²) in [6.45, 7) is 3.53. The molecule has 0 N–H and O–H groups in total. The number of benzene rings is 2. The van der Waals surface area contributed by atoms with Gasteiger partial charge in [-0.15, -0.1) is 0 Å². The van der Waals surface area contributed by atoms with E-state index in [1.807, 2.05) is 43.3 Å². The van der Waals surface area contributed by atoms with E-state index in [1.54, 1.807) is 17.0 Å². The molecule has 150 valence electrons. The van der Waals surface area contributed by atoms with Crippen molar-refractivity contribution in [2.24, 2.45) is 0 Å². The zero-order chi connectivity index (χ0) is 20.1. The van der Waals surface area contributed by atoms with Gasteiger partial charge in [-0.25, -0.2) is 8.42 Å². The van der Waals surface area contributed by atoms with Crippen molar-refractivity contribution in [1.82, 2.24) is 9.21 Å². The Hall–Kier alpha value is -1.89. The molecule has 0 radical (unpaired) electrons. The standard InChI is InChI=1S/C21H25ClN2O3S/c1-2-17-5-10-20(11-6-17)28(26,27)24-15-13-23(14-16-24)21(25)12-7-18-3-8-19(22)9-4-18/h3-6,8-11H,2,7,12-16H2,1H3. The third-order valence-corrected chi connectivity index (χ3v) is 7.27. The van der Waals surface area contributed by atoms with Crippen LogP contribution in [0, 0.1) is 0 Å². The number of carbonyl (C=O) groups excluding carboxylic acids is 1. The molecule has 3 rings (SSSR count). The third-order valence-electron chi connectivity index (χ3n) is 5.10. The number of sulfonamides is 1. The van der Waals surface area contributed by atoms with Crippen LogP contribution in [0.15, 0.2) is 53.4 Å². The molecule has 2 aromatic carbocycles. The Kier molecular flexibility index (Phi) is 6.75. The van der Waals surface area contributed by atoms with Crippen LogP contribution in [-0.4, -0.2) is 49.7 Å². The SMILES string of the molecule is CCc1ccc(S(=O)(=O)N2CCN(C(=O)CCc3ccc(Cl)cc3)CC2)cc1. The quantitative estimate of drug-likeness (QED) is 0.719. The minimum absolute atomic E-state index is 0.0549. The molecule has 1 heterocycles. The molecule has 0 aromatic heterocycles. The molecule has 1 saturated heterocycles. The second-order valence-corrected chi connectivity index (χ2v) is 9.28. The second-order valence-electron chi connectivity index (χ2n) is 6.91. The molecule has 2 aromatic rings. The number of amides is 1. The van der Waals surface area contributed by atoms with Gasteiger partial charge in [0.1, 0.15) is 0 Å². The van der Waals surface area contributed by atoms with Crippen LogP contribution >= 0.6 is 11.6 Å². The fourth-order valence-electron chi connectivity index (χ4n) is 3.28. The van der Waals surface area contributed by atoms with Gasteiger partial charge in [-0.3, -0.25) is 4.79 Å². The average Bonchev–Trinajstić information content (AvgIpc) is 2.73. The first-order chi connectivity index (χ1) is 13.4. The summed E-state index contributed by atoms with van der Waals surface area (Å²) in [6.07, 6.45) is 1.93. The molecule has 0 unspecified atom stereocenters. The summed E-state index contributed by atoms with van der Waals surface area (Å²) in [4.78, 5) is 14.5. The molecular weight excluding hydrogens is 396 g/mol. The van der Waals surface area contributed by atoms with Crippen molar-refractivity contribution in [2.75, 3.05) is 26.2 Å². The van der Waals surface area contributed by atoms with Crippen molar-refractivity contribution in [3.05, 3.63) is 64.7 Å². The Morgan fingerprint density at radius 3 is 2.07 bits per heavy atom. The van der Waals surface area contributed by atoms with Crippen LogP contribution in [0.3, 0.4) is 0 Å². The van der Waals surface area contributed by atoms with Gasteiger partial charge in [0.2, 0.25) is 15.9 Å². The molecule has 1 amide bonds. The Balaban J connectivity index is 1.54. The lowest BCUT2D eigenvalue weighted by Crippen LogP contribution is -2.50. The van der Waals surface area contributed by atoms with E-state index in [2.05, 4.69) is 0 Å². The van der Waals surface area contributed by atoms with Crippen molar-refractivity contribution in [1.29, 1.82) is 0 Å². The Morgan fingerprint density at radius 1 is 0.929 bits per heavy atom. The highest BCUT2D eigenvalue weighted by molar-refractivity contribution is 7.89. The van der Waals surface area contributed by atoms with Gasteiger partial charge in [-0.1, -0.05) is 42.8 Å². The lowest BCUT2D eigenvalue weighted by molar-refractivity contribution is -0.132. The van der Waals surface area contributed by atoms with Gasteiger partial charge in [0, 0.05) is 37.6 Å². The van der Waals surface area contributed by atoms with Gasteiger partial charge in [0.25, 0.3) is 0 Å². The fraction of sp³-hybridized carbons (Fsp3) is 0.381. The lowest BCUT2D eigenvalue weighted by atomic mass is 10.1. The van der Waals surface area contributed by atoms with Gasteiger partial charge in [0.05, 0.1) is 4.90 Å². The van der Waals surface area contributed by atoms with Crippen molar-refractivity contribution in [3.8, 4) is 0 Å². The number of hydrogen-bond donors (Lipinski definition) is 0. The predicted octanol–water partition coefficient (Wildman–Crippen LogP) is 3.37. The maximum atomic E-state index is 12.8. The maximum Gasteiger partial charge on any atom is 0.243 e. The molecule has 5 nitrogen and oxygen atoms in total. The van der Waals surface area contributed by atoms with Crippen molar-refractivity contribution < 1.29 is 13.2 Å². The Labute approximate surface area is 172 Å². The van der Waals surface area contributed by atoms with E-state index in [1.165, 1.54) is 4.31 Å². The summed E-state index contributed by atoms with van der Waals surface area (Å²) >= 11 is 5.88. The number of halogens is 1. The smallest absolute Gasteiger partial charge is 0.243 e. The highest BCUT2D eigenvalue weighted by atomic mass is 35.5. The first kappa shape index (κ1) is 20.8. The molecule has 1 aliphatic rings. The molecule has 0 aliphatic carbocycles. The largest absolute Gasteiger partial charge is 0.340 e. The number of carbonyl (C=O) groups is 1. The van der Waals surface area contributed by atoms with Crippen LogP contribution in [0.25, 0.3) is 0 Å². The maximum absolute atomic E-state index is 12.8. The monoisotopic (exact) mass is 420 g/mol.